The molecule has 3 aromatic rings. The standard InChI is InChI=1S/C23H19F5N2O2/c1-12-8-15-14-4-2-3-5-18(14)29-21(15)22(30(12)11-23(26,27)28)20-16(24)9-13(10-17(20)25)6-7-19(31)32/h2-7,9-10,12,22,29H,8,11H2,1H3,(H,31,32)/b7-6+. The van der Waals surface area contributed by atoms with Gasteiger partial charge in [0.1, 0.15) is 11.6 Å². The highest BCUT2D eigenvalue weighted by atomic mass is 19.4. The van der Waals surface area contributed by atoms with E-state index in [-0.39, 0.29) is 12.0 Å². The number of hydrogen-bond acceptors (Lipinski definition) is 2. The summed E-state index contributed by atoms with van der Waals surface area (Å²) in [6, 6.07) is 7.01. The number of alkyl halides is 3. The molecular formula is C23H19F5N2O2. The third-order valence-electron chi connectivity index (χ3n) is 5.67. The molecule has 0 saturated carbocycles. The van der Waals surface area contributed by atoms with Crippen molar-refractivity contribution in [1.29, 1.82) is 0 Å². The normalized spacial score (nSPS) is 19.6. The van der Waals surface area contributed by atoms with Crippen LogP contribution in [0.1, 0.15) is 35.3 Å². The molecule has 0 bridgehead atoms. The van der Waals surface area contributed by atoms with Gasteiger partial charge in [0.25, 0.3) is 0 Å². The number of aromatic nitrogens is 1. The Morgan fingerprint density at radius 3 is 2.50 bits per heavy atom. The van der Waals surface area contributed by atoms with Gasteiger partial charge in [0, 0.05) is 34.3 Å². The zero-order valence-corrected chi connectivity index (χ0v) is 16.9. The van der Waals surface area contributed by atoms with E-state index in [0.29, 0.717) is 11.2 Å². The fraction of sp³-hybridized carbons (Fsp3) is 0.261. The van der Waals surface area contributed by atoms with Crippen molar-refractivity contribution in [2.24, 2.45) is 0 Å². The van der Waals surface area contributed by atoms with Crippen molar-refractivity contribution in [2.45, 2.75) is 31.6 Å². The molecule has 2 unspecified atom stereocenters. The molecule has 1 aliphatic rings. The molecule has 1 aliphatic heterocycles. The van der Waals surface area contributed by atoms with Gasteiger partial charge in [-0.15, -0.1) is 0 Å². The topological polar surface area (TPSA) is 56.3 Å². The van der Waals surface area contributed by atoms with Gasteiger partial charge >= 0.3 is 12.1 Å². The molecular weight excluding hydrogens is 431 g/mol. The number of aliphatic carboxylic acids is 1. The Morgan fingerprint density at radius 1 is 1.22 bits per heavy atom. The fourth-order valence-corrected chi connectivity index (χ4v) is 4.40. The van der Waals surface area contributed by atoms with Crippen molar-refractivity contribution >= 4 is 22.9 Å². The molecule has 2 atom stereocenters. The van der Waals surface area contributed by atoms with Gasteiger partial charge in [-0.2, -0.15) is 13.2 Å². The summed E-state index contributed by atoms with van der Waals surface area (Å²) in [6.45, 7) is 0.260. The van der Waals surface area contributed by atoms with Crippen LogP contribution in [0.5, 0.6) is 0 Å². The number of hydrogen-bond donors (Lipinski definition) is 2. The van der Waals surface area contributed by atoms with Crippen LogP contribution in [0, 0.1) is 11.6 Å². The minimum Gasteiger partial charge on any atom is -0.478 e. The maximum atomic E-state index is 15.2. The predicted molar refractivity (Wildman–Crippen MR) is 109 cm³/mol. The molecule has 2 aromatic carbocycles. The van der Waals surface area contributed by atoms with E-state index in [1.807, 2.05) is 6.07 Å². The van der Waals surface area contributed by atoms with E-state index in [9.17, 15) is 18.0 Å². The van der Waals surface area contributed by atoms with Crippen molar-refractivity contribution in [3.63, 3.8) is 0 Å². The molecule has 1 aromatic heterocycles. The van der Waals surface area contributed by atoms with Gasteiger partial charge in [0.05, 0.1) is 12.6 Å². The summed E-state index contributed by atoms with van der Waals surface area (Å²) in [5, 5.41) is 9.53. The summed E-state index contributed by atoms with van der Waals surface area (Å²) in [6.07, 6.45) is -2.55. The predicted octanol–water partition coefficient (Wildman–Crippen LogP) is 5.44. The number of nitrogens with zero attached hydrogens (tertiary/aromatic N) is 1. The molecule has 0 amide bonds. The largest absolute Gasteiger partial charge is 0.478 e. The Hall–Kier alpha value is -3.20. The average Bonchev–Trinajstić information content (AvgIpc) is 3.05. The van der Waals surface area contributed by atoms with Gasteiger partial charge < -0.3 is 10.1 Å². The van der Waals surface area contributed by atoms with Crippen LogP contribution in [-0.2, 0) is 11.2 Å². The second-order valence-corrected chi connectivity index (χ2v) is 7.88. The van der Waals surface area contributed by atoms with Crippen molar-refractivity contribution < 1.29 is 31.9 Å². The van der Waals surface area contributed by atoms with Crippen molar-refractivity contribution in [3.05, 3.63) is 76.5 Å². The highest BCUT2D eigenvalue weighted by Gasteiger charge is 2.43. The molecule has 9 heteroatoms. The minimum absolute atomic E-state index is 0.0470. The molecule has 0 spiro atoms. The number of halogens is 5. The number of fused-ring (bicyclic) bond motifs is 3. The van der Waals surface area contributed by atoms with E-state index < -0.39 is 48.0 Å². The minimum atomic E-state index is -4.58. The third-order valence-corrected chi connectivity index (χ3v) is 5.67. The lowest BCUT2D eigenvalue weighted by molar-refractivity contribution is -0.155. The van der Waals surface area contributed by atoms with Crippen LogP contribution >= 0.6 is 0 Å². The number of carboxylic acid groups (broad SMARTS) is 1. The van der Waals surface area contributed by atoms with E-state index in [2.05, 4.69) is 4.98 Å². The molecule has 168 valence electrons. The quantitative estimate of drug-likeness (QED) is 0.411. The third kappa shape index (κ3) is 4.12. The summed E-state index contributed by atoms with van der Waals surface area (Å²) < 4.78 is 70.6. The van der Waals surface area contributed by atoms with Crippen LogP contribution < -0.4 is 0 Å². The number of H-pyrrole nitrogens is 1. The Kier molecular flexibility index (Phi) is 5.54. The van der Waals surface area contributed by atoms with Crippen LogP contribution in [0.2, 0.25) is 0 Å². The Balaban J connectivity index is 1.92. The van der Waals surface area contributed by atoms with Gasteiger partial charge in [-0.1, -0.05) is 18.2 Å². The molecule has 4 rings (SSSR count). The maximum Gasteiger partial charge on any atom is 0.401 e. The Bertz CT molecular complexity index is 1190. The van der Waals surface area contributed by atoms with Gasteiger partial charge in [0.15, 0.2) is 0 Å². The van der Waals surface area contributed by atoms with Crippen LogP contribution in [-0.4, -0.2) is 39.7 Å². The summed E-state index contributed by atoms with van der Waals surface area (Å²) in [5.74, 6) is -3.40. The van der Waals surface area contributed by atoms with E-state index in [1.54, 1.807) is 25.1 Å². The van der Waals surface area contributed by atoms with E-state index in [0.717, 1.165) is 40.1 Å². The number of carbonyl (C=O) groups is 1. The number of nitrogens with one attached hydrogen (secondary N) is 1. The SMILES string of the molecule is CC1Cc2c([nH]c3ccccc23)C(c2c(F)cc(/C=C/C(=O)O)cc2F)N1CC(F)(F)F. The molecule has 0 saturated heterocycles. The van der Waals surface area contributed by atoms with Crippen LogP contribution in [0.4, 0.5) is 22.0 Å². The van der Waals surface area contributed by atoms with Gasteiger partial charge in [-0.25, -0.2) is 13.6 Å². The first-order chi connectivity index (χ1) is 15.0. The molecule has 2 N–H and O–H groups in total. The first kappa shape index (κ1) is 22.0. The Morgan fingerprint density at radius 2 is 1.88 bits per heavy atom. The molecule has 0 radical (unpaired) electrons. The first-order valence-electron chi connectivity index (χ1n) is 9.87. The lowest BCUT2D eigenvalue weighted by atomic mass is 9.87. The Labute approximate surface area is 180 Å². The maximum absolute atomic E-state index is 15.2. The number of para-hydroxylation sites is 1. The van der Waals surface area contributed by atoms with Crippen molar-refractivity contribution in [2.75, 3.05) is 6.54 Å². The fourth-order valence-electron chi connectivity index (χ4n) is 4.40. The number of aromatic amines is 1. The molecule has 0 aliphatic carbocycles. The zero-order chi connectivity index (χ0) is 23.2. The molecule has 2 heterocycles. The van der Waals surface area contributed by atoms with Gasteiger partial charge in [-0.3, -0.25) is 4.90 Å². The monoisotopic (exact) mass is 450 g/mol. The first-order valence-corrected chi connectivity index (χ1v) is 9.87. The van der Waals surface area contributed by atoms with E-state index >= 15 is 8.78 Å². The van der Waals surface area contributed by atoms with Gasteiger partial charge in [-0.05, 0) is 48.7 Å². The number of rotatable bonds is 4. The van der Waals surface area contributed by atoms with Gasteiger partial charge in [0.2, 0.25) is 0 Å². The van der Waals surface area contributed by atoms with Crippen molar-refractivity contribution in [1.82, 2.24) is 9.88 Å². The summed E-state index contributed by atoms with van der Waals surface area (Å²) >= 11 is 0. The summed E-state index contributed by atoms with van der Waals surface area (Å²) in [4.78, 5) is 14.8. The van der Waals surface area contributed by atoms with Crippen LogP contribution in [0.3, 0.4) is 0 Å². The number of carboxylic acids is 1. The van der Waals surface area contributed by atoms with E-state index in [4.69, 9.17) is 5.11 Å². The zero-order valence-electron chi connectivity index (χ0n) is 16.9. The highest BCUT2D eigenvalue weighted by molar-refractivity contribution is 5.86. The molecule has 0 fully saturated rings. The van der Waals surface area contributed by atoms with E-state index in [1.165, 1.54) is 0 Å². The van der Waals surface area contributed by atoms with Crippen LogP contribution in [0.15, 0.2) is 42.5 Å². The lowest BCUT2D eigenvalue weighted by Crippen LogP contribution is -2.47. The highest BCUT2D eigenvalue weighted by Crippen LogP contribution is 2.43. The number of benzene rings is 2. The second kappa shape index (κ2) is 8.05. The summed E-state index contributed by atoms with van der Waals surface area (Å²) in [7, 11) is 0. The lowest BCUT2D eigenvalue weighted by Gasteiger charge is -2.41. The van der Waals surface area contributed by atoms with Crippen LogP contribution in [0.25, 0.3) is 17.0 Å². The summed E-state index contributed by atoms with van der Waals surface area (Å²) in [5.41, 5.74) is 1.16. The smallest absolute Gasteiger partial charge is 0.401 e. The molecule has 4 nitrogen and oxygen atoms in total. The van der Waals surface area contributed by atoms with Crippen molar-refractivity contribution in [3.8, 4) is 0 Å². The second-order valence-electron chi connectivity index (χ2n) is 7.88. The average molecular weight is 450 g/mol. The molecule has 32 heavy (non-hydrogen) atoms.